The Labute approximate surface area is 329 Å². The Balaban J connectivity index is 2.62. The average Bonchev–Trinajstić information content (AvgIpc) is 2.97. The van der Waals surface area contributed by atoms with Gasteiger partial charge in [-0.05, 0) is 0 Å². The minimum atomic E-state index is -4.94. The summed E-state index contributed by atoms with van der Waals surface area (Å²) >= 11 is -4.94. The summed E-state index contributed by atoms with van der Waals surface area (Å²) in [5, 5.41) is 0. The maximum atomic E-state index is 7.66. The zero-order chi connectivity index (χ0) is 40.9. The van der Waals surface area contributed by atoms with Crippen LogP contribution < -0.4 is 22.7 Å². The first-order chi connectivity index (χ1) is 23.8. The Kier molecular flexibility index (Phi) is 12.8. The molecular formula is C46H72O6Zr. The van der Waals surface area contributed by atoms with Gasteiger partial charge in [-0.2, -0.15) is 0 Å². The summed E-state index contributed by atoms with van der Waals surface area (Å²) < 4.78 is 42.8. The van der Waals surface area contributed by atoms with Gasteiger partial charge in [0.15, 0.2) is 0 Å². The molecule has 0 heterocycles. The van der Waals surface area contributed by atoms with Crippen LogP contribution in [0.3, 0.4) is 0 Å². The first kappa shape index (κ1) is 44.7. The third kappa shape index (κ3) is 10.6. The van der Waals surface area contributed by atoms with Crippen LogP contribution in [0.15, 0.2) is 36.4 Å². The van der Waals surface area contributed by atoms with Crippen molar-refractivity contribution in [3.8, 4) is 34.5 Å². The van der Waals surface area contributed by atoms with Crippen LogP contribution in [-0.4, -0.2) is 21.3 Å². The van der Waals surface area contributed by atoms with Crippen molar-refractivity contribution in [1.82, 2.24) is 0 Å². The monoisotopic (exact) mass is 810 g/mol. The van der Waals surface area contributed by atoms with Crippen LogP contribution in [0.25, 0.3) is 0 Å². The van der Waals surface area contributed by atoms with Crippen molar-refractivity contribution in [2.45, 2.75) is 162 Å². The molecule has 296 valence electrons. The van der Waals surface area contributed by atoms with E-state index in [1.165, 1.54) is 0 Å². The van der Waals surface area contributed by atoms with Crippen LogP contribution >= 0.6 is 0 Å². The van der Waals surface area contributed by atoms with Crippen LogP contribution in [0, 0.1) is 0 Å². The van der Waals surface area contributed by atoms with Gasteiger partial charge < -0.3 is 0 Å². The van der Waals surface area contributed by atoms with E-state index in [0.29, 0.717) is 0 Å². The second kappa shape index (κ2) is 15.1. The maximum absolute atomic E-state index is 7.66. The van der Waals surface area contributed by atoms with Crippen molar-refractivity contribution < 1.29 is 44.2 Å². The van der Waals surface area contributed by atoms with Crippen LogP contribution in [0.1, 0.15) is 158 Å². The number of benzene rings is 3. The molecule has 0 fully saturated rings. The Morgan fingerprint density at radius 2 is 0.472 bits per heavy atom. The molecule has 7 heteroatoms. The van der Waals surface area contributed by atoms with Crippen molar-refractivity contribution in [2.75, 3.05) is 21.3 Å². The topological polar surface area (TPSA) is 55.4 Å². The molecule has 0 N–H and O–H groups in total. The molecule has 53 heavy (non-hydrogen) atoms. The third-order valence-corrected chi connectivity index (χ3v) is 13.8. The van der Waals surface area contributed by atoms with Gasteiger partial charge in [0.1, 0.15) is 0 Å². The first-order valence-electron chi connectivity index (χ1n) is 19.0. The van der Waals surface area contributed by atoms with Gasteiger partial charge in [-0.3, -0.25) is 0 Å². The van der Waals surface area contributed by atoms with Gasteiger partial charge in [-0.1, -0.05) is 0 Å². The van der Waals surface area contributed by atoms with E-state index in [1.807, 2.05) is 0 Å². The number of rotatable bonds is 9. The van der Waals surface area contributed by atoms with Crippen LogP contribution in [-0.2, 0) is 54.1 Å². The summed E-state index contributed by atoms with van der Waals surface area (Å²) in [6, 6.07) is 12.7. The van der Waals surface area contributed by atoms with Crippen LogP contribution in [0.2, 0.25) is 4.63 Å². The summed E-state index contributed by atoms with van der Waals surface area (Å²) in [5.41, 5.74) is 4.57. The second-order valence-corrected chi connectivity index (χ2v) is 26.6. The molecule has 0 aliphatic rings. The molecule has 0 spiro atoms. The van der Waals surface area contributed by atoms with Crippen molar-refractivity contribution in [1.29, 1.82) is 0 Å². The van der Waals surface area contributed by atoms with Crippen molar-refractivity contribution >= 4 is 0 Å². The van der Waals surface area contributed by atoms with Gasteiger partial charge in [-0.25, -0.2) is 0 Å². The van der Waals surface area contributed by atoms with Crippen LogP contribution in [0.5, 0.6) is 34.5 Å². The molecule has 0 aliphatic heterocycles. The zero-order valence-corrected chi connectivity index (χ0v) is 39.9. The summed E-state index contributed by atoms with van der Waals surface area (Å²) in [5.74, 6) is 4.80. The Morgan fingerprint density at radius 1 is 0.321 bits per heavy atom. The summed E-state index contributed by atoms with van der Waals surface area (Å²) in [6.45, 7) is 39.9. The van der Waals surface area contributed by atoms with E-state index >= 15 is 0 Å². The normalized spacial score (nSPS) is 13.5. The van der Waals surface area contributed by atoms with Crippen molar-refractivity contribution in [2.24, 2.45) is 0 Å². The molecule has 0 atom stereocenters. The fourth-order valence-corrected chi connectivity index (χ4v) is 11.1. The second-order valence-electron chi connectivity index (χ2n) is 20.8. The number of ether oxygens (including phenoxy) is 3. The molecule has 0 aromatic heterocycles. The number of methoxy groups -OCH3 is 3. The van der Waals surface area contributed by atoms with E-state index in [9.17, 15) is 0 Å². The Hall–Kier alpha value is -2.66. The molecular weight excluding hydrogens is 740 g/mol. The molecule has 0 bridgehead atoms. The Bertz CT molecular complexity index is 1450. The Morgan fingerprint density at radius 3 is 0.585 bits per heavy atom. The summed E-state index contributed by atoms with van der Waals surface area (Å²) in [4.78, 5) is 0. The molecule has 3 rings (SSSR count). The molecule has 0 amide bonds. The average molecular weight is 812 g/mol. The van der Waals surface area contributed by atoms with Crippen molar-refractivity contribution in [3.63, 3.8) is 0 Å². The zero-order valence-electron chi connectivity index (χ0n) is 37.4. The molecule has 0 unspecified atom stereocenters. The SMILES string of the molecule is COc1cc(C(C)(C)C)c([O][Zr]([CH3])([O]c2c(C(C)(C)C)cc(OC)cc2C(C)(C)C)[O]c2c(C(C)(C)C)cc(OC)cc2C(C)(C)C)c(C(C)(C)C)c1. The number of hydrogen-bond donors (Lipinski definition) is 0. The van der Waals surface area contributed by atoms with Gasteiger partial charge in [-0.15, -0.1) is 0 Å². The van der Waals surface area contributed by atoms with Crippen LogP contribution in [0.4, 0.5) is 0 Å². The quantitative estimate of drug-likeness (QED) is 0.215. The van der Waals surface area contributed by atoms with Gasteiger partial charge in [0.25, 0.3) is 0 Å². The molecule has 0 saturated carbocycles. The van der Waals surface area contributed by atoms with E-state index in [2.05, 4.69) is 166 Å². The minimum absolute atomic E-state index is 0.281. The van der Waals surface area contributed by atoms with Gasteiger partial charge >= 0.3 is 332 Å². The molecule has 0 radical (unpaired) electrons. The van der Waals surface area contributed by atoms with E-state index in [0.717, 1.165) is 67.9 Å². The summed E-state index contributed by atoms with van der Waals surface area (Å²) in [6.07, 6.45) is 0. The molecule has 0 saturated heterocycles. The predicted molar refractivity (Wildman–Crippen MR) is 219 cm³/mol. The molecule has 0 aliphatic carbocycles. The molecule has 3 aromatic rings. The fourth-order valence-electron chi connectivity index (χ4n) is 6.45. The third-order valence-electron chi connectivity index (χ3n) is 9.60. The predicted octanol–water partition coefficient (Wildman–Crippen LogP) is 13.0. The fraction of sp³-hybridized carbons (Fsp3) is 0.609. The molecule has 3 aromatic carbocycles. The standard InChI is InChI=1S/3C15H24O2.CH3.Zr/c3*1-14(2,3)11-8-10(17-7)9-12(13(11)16)15(4,5)6;;/h3*8-9,16H,1-7H3;1H3;/q;;;;+3/p-3. The summed E-state index contributed by atoms with van der Waals surface area (Å²) in [7, 11) is 5.17. The van der Waals surface area contributed by atoms with E-state index in [4.69, 9.17) is 22.7 Å². The van der Waals surface area contributed by atoms with E-state index in [1.54, 1.807) is 21.3 Å². The number of hydrogen-bond acceptors (Lipinski definition) is 6. The van der Waals surface area contributed by atoms with Gasteiger partial charge in [0.2, 0.25) is 0 Å². The van der Waals surface area contributed by atoms with Crippen molar-refractivity contribution in [3.05, 3.63) is 69.8 Å². The van der Waals surface area contributed by atoms with Gasteiger partial charge in [0.05, 0.1) is 0 Å². The molecule has 6 nitrogen and oxygen atoms in total. The van der Waals surface area contributed by atoms with E-state index in [-0.39, 0.29) is 32.5 Å². The first-order valence-corrected chi connectivity index (χ1v) is 24.5. The van der Waals surface area contributed by atoms with Gasteiger partial charge in [0, 0.05) is 0 Å². The van der Waals surface area contributed by atoms with E-state index < -0.39 is 21.6 Å².